The van der Waals surface area contributed by atoms with Gasteiger partial charge in [-0.2, -0.15) is 0 Å². The number of amides is 8. The van der Waals surface area contributed by atoms with Crippen molar-refractivity contribution >= 4 is 64.1 Å². The third kappa shape index (κ3) is 15.0. The summed E-state index contributed by atoms with van der Waals surface area (Å²) in [4.78, 5) is 118. The lowest BCUT2D eigenvalue weighted by Crippen LogP contribution is -2.60. The molecule has 0 bridgehead atoms. The van der Waals surface area contributed by atoms with Gasteiger partial charge < -0.3 is 53.5 Å². The Labute approximate surface area is 334 Å². The second kappa shape index (κ2) is 22.1. The lowest BCUT2D eigenvalue weighted by molar-refractivity contribution is -0.141. The highest BCUT2D eigenvalue weighted by Gasteiger charge is 2.34. The lowest BCUT2D eigenvalue weighted by Gasteiger charge is -2.27. The molecule has 2 aromatic carbocycles. The number of hydrogen-bond acceptors (Lipinski definition) is 9. The van der Waals surface area contributed by atoms with E-state index in [0.717, 1.165) is 10.9 Å². The number of aromatic amines is 1. The van der Waals surface area contributed by atoms with Crippen LogP contribution in [0.25, 0.3) is 10.9 Å². The van der Waals surface area contributed by atoms with Gasteiger partial charge in [-0.1, -0.05) is 62.4 Å². The maximum absolute atomic E-state index is 14.2. The molecule has 8 amide bonds. The van der Waals surface area contributed by atoms with Crippen LogP contribution in [0.5, 0.6) is 0 Å². The predicted molar refractivity (Wildman–Crippen MR) is 210 cm³/mol. The zero-order valence-corrected chi connectivity index (χ0v) is 32.5. The largest absolute Gasteiger partial charge is 0.481 e. The number of carboxylic acids is 1. The summed E-state index contributed by atoms with van der Waals surface area (Å²) in [5, 5.41) is 25.2. The molecular formula is C39H51N9O10. The molecule has 58 heavy (non-hydrogen) atoms. The fraction of sp³-hybridized carbons (Fsp3) is 0.410. The maximum Gasteiger partial charge on any atom is 0.305 e. The van der Waals surface area contributed by atoms with Gasteiger partial charge in [0, 0.05) is 43.3 Å². The van der Waals surface area contributed by atoms with Crippen molar-refractivity contribution in [1.82, 2.24) is 36.9 Å². The molecule has 0 aliphatic rings. The van der Waals surface area contributed by atoms with Crippen LogP contribution >= 0.6 is 0 Å². The minimum Gasteiger partial charge on any atom is -0.481 e. The van der Waals surface area contributed by atoms with Crippen LogP contribution in [-0.2, 0) is 56.0 Å². The maximum atomic E-state index is 14.2. The van der Waals surface area contributed by atoms with E-state index in [9.17, 15) is 48.3 Å². The molecule has 0 fully saturated rings. The Morgan fingerprint density at radius 2 is 1.21 bits per heavy atom. The number of fused-ring (bicyclic) bond motifs is 1. The van der Waals surface area contributed by atoms with Crippen molar-refractivity contribution in [3.63, 3.8) is 0 Å². The first-order valence-electron chi connectivity index (χ1n) is 18.6. The summed E-state index contributed by atoms with van der Waals surface area (Å²) in [5.74, 6) is -8.26. The van der Waals surface area contributed by atoms with Crippen molar-refractivity contribution in [1.29, 1.82) is 0 Å². The summed E-state index contributed by atoms with van der Waals surface area (Å²) in [6.45, 7) is 4.27. The van der Waals surface area contributed by atoms with E-state index in [4.69, 9.17) is 11.5 Å². The molecule has 0 aliphatic heterocycles. The monoisotopic (exact) mass is 805 g/mol. The summed E-state index contributed by atoms with van der Waals surface area (Å²) in [6.07, 6.45) is -0.0904. The Kier molecular flexibility index (Phi) is 17.4. The molecular weight excluding hydrogens is 754 g/mol. The Balaban J connectivity index is 1.96. The number of nitrogens with one attached hydrogen (secondary N) is 7. The average Bonchev–Trinajstić information content (AvgIpc) is 3.56. The second-order valence-corrected chi connectivity index (χ2v) is 14.2. The quantitative estimate of drug-likeness (QED) is 0.0545. The Morgan fingerprint density at radius 3 is 1.81 bits per heavy atom. The van der Waals surface area contributed by atoms with Crippen molar-refractivity contribution in [2.45, 2.75) is 89.5 Å². The summed E-state index contributed by atoms with van der Waals surface area (Å²) in [6, 6.07) is 8.72. The molecule has 3 aromatic rings. The van der Waals surface area contributed by atoms with Gasteiger partial charge in [0.1, 0.15) is 30.2 Å². The number of para-hydroxylation sites is 1. The number of carbonyl (C=O) groups is 9. The number of carboxylic acid groups (broad SMARTS) is 1. The average molecular weight is 806 g/mol. The number of benzene rings is 2. The van der Waals surface area contributed by atoms with Crippen molar-refractivity contribution in [2.24, 2.45) is 17.4 Å². The highest BCUT2D eigenvalue weighted by molar-refractivity contribution is 5.98. The SMILES string of the molecule is CC(=O)N[C@@H](CC(C)C)C(=O)N[C@@H](CC(=O)O)C(=O)N[C@@H](CCC(N)=O)C(=O)N[C@@H](Cc1c[nH]c2ccccc12)C(=O)N[C@@H](Cc1ccccc1)C(=O)NCC(N)=O. The fourth-order valence-electron chi connectivity index (χ4n) is 6.06. The summed E-state index contributed by atoms with van der Waals surface area (Å²) < 4.78 is 0. The molecule has 12 N–H and O–H groups in total. The normalized spacial score (nSPS) is 13.5. The van der Waals surface area contributed by atoms with Gasteiger partial charge in [-0.15, -0.1) is 0 Å². The Bertz CT molecular complexity index is 1970. The van der Waals surface area contributed by atoms with E-state index in [-0.39, 0.29) is 25.2 Å². The van der Waals surface area contributed by atoms with Crippen LogP contribution in [-0.4, -0.2) is 100 Å². The Hall–Kier alpha value is -6.79. The molecule has 0 unspecified atom stereocenters. The van der Waals surface area contributed by atoms with Crippen LogP contribution in [0.15, 0.2) is 60.8 Å². The summed E-state index contributed by atoms with van der Waals surface area (Å²) in [7, 11) is 0. The van der Waals surface area contributed by atoms with E-state index in [0.29, 0.717) is 11.1 Å². The Morgan fingerprint density at radius 1 is 0.655 bits per heavy atom. The zero-order chi connectivity index (χ0) is 42.9. The van der Waals surface area contributed by atoms with E-state index in [1.54, 1.807) is 74.6 Å². The molecule has 312 valence electrons. The number of rotatable bonds is 23. The zero-order valence-electron chi connectivity index (χ0n) is 32.5. The molecule has 0 saturated heterocycles. The van der Waals surface area contributed by atoms with Gasteiger partial charge >= 0.3 is 5.97 Å². The molecule has 0 radical (unpaired) electrons. The van der Waals surface area contributed by atoms with Gasteiger partial charge in [-0.25, -0.2) is 0 Å². The molecule has 0 aliphatic carbocycles. The first kappa shape index (κ1) is 45.6. The third-order valence-corrected chi connectivity index (χ3v) is 8.81. The van der Waals surface area contributed by atoms with Gasteiger partial charge in [0.25, 0.3) is 0 Å². The number of primary amides is 2. The number of H-pyrrole nitrogens is 1. The van der Waals surface area contributed by atoms with Crippen LogP contribution in [0.2, 0.25) is 0 Å². The van der Waals surface area contributed by atoms with Crippen LogP contribution in [0.1, 0.15) is 57.6 Å². The number of nitrogens with two attached hydrogens (primary N) is 2. The second-order valence-electron chi connectivity index (χ2n) is 14.2. The van der Waals surface area contributed by atoms with Crippen molar-refractivity contribution in [3.05, 3.63) is 71.9 Å². The highest BCUT2D eigenvalue weighted by atomic mass is 16.4. The van der Waals surface area contributed by atoms with E-state index in [1.165, 1.54) is 6.92 Å². The van der Waals surface area contributed by atoms with Crippen LogP contribution < -0.4 is 43.4 Å². The van der Waals surface area contributed by atoms with E-state index in [2.05, 4.69) is 36.9 Å². The standard InChI is InChI=1S/C39H51N9O10/c1-21(2)15-28(44-22(3)49)37(56)48-31(18-34(52)53)39(58)45-27(13-14-32(40)50)36(55)47-30(17-24-19-42-26-12-8-7-11-25(24)26)38(57)46-29(35(54)43-20-33(41)51)16-23-9-5-4-6-10-23/h4-12,19,21,27-31,42H,13-18,20H2,1-3H3,(H2,40,50)(H2,41,51)(H,43,54)(H,44,49)(H,45,58)(H,46,57)(H,47,55)(H,48,56)(H,52,53)/t27-,28-,29-,30-,31-/m0/s1. The minimum atomic E-state index is -1.74. The summed E-state index contributed by atoms with van der Waals surface area (Å²) in [5.41, 5.74) is 12.6. The van der Waals surface area contributed by atoms with Crippen LogP contribution in [0.4, 0.5) is 0 Å². The first-order chi connectivity index (χ1) is 27.4. The molecule has 19 nitrogen and oxygen atoms in total. The van der Waals surface area contributed by atoms with Crippen molar-refractivity contribution in [2.75, 3.05) is 6.54 Å². The number of aromatic nitrogens is 1. The molecule has 0 saturated carbocycles. The van der Waals surface area contributed by atoms with Crippen molar-refractivity contribution < 1.29 is 48.3 Å². The van der Waals surface area contributed by atoms with Gasteiger partial charge in [0.15, 0.2) is 0 Å². The minimum absolute atomic E-state index is 0.0150. The smallest absolute Gasteiger partial charge is 0.305 e. The number of carbonyl (C=O) groups excluding carboxylic acids is 8. The molecule has 1 heterocycles. The molecule has 1 aromatic heterocycles. The van der Waals surface area contributed by atoms with Gasteiger partial charge in [0.2, 0.25) is 47.3 Å². The number of aliphatic carboxylic acids is 1. The molecule has 0 spiro atoms. The van der Waals surface area contributed by atoms with E-state index < -0.39 is 109 Å². The van der Waals surface area contributed by atoms with E-state index >= 15 is 0 Å². The van der Waals surface area contributed by atoms with Gasteiger partial charge in [-0.3, -0.25) is 43.2 Å². The fourth-order valence-corrected chi connectivity index (χ4v) is 6.06. The topological polar surface area (TPSA) is 314 Å². The van der Waals surface area contributed by atoms with Crippen LogP contribution in [0, 0.1) is 5.92 Å². The van der Waals surface area contributed by atoms with Gasteiger partial charge in [0.05, 0.1) is 13.0 Å². The van der Waals surface area contributed by atoms with Crippen molar-refractivity contribution in [3.8, 4) is 0 Å². The molecule has 5 atom stereocenters. The highest BCUT2D eigenvalue weighted by Crippen LogP contribution is 2.20. The first-order valence-corrected chi connectivity index (χ1v) is 18.6. The van der Waals surface area contributed by atoms with Gasteiger partial charge in [-0.05, 0) is 36.0 Å². The lowest BCUT2D eigenvalue weighted by atomic mass is 10.0. The summed E-state index contributed by atoms with van der Waals surface area (Å²) >= 11 is 0. The number of hydrogen-bond donors (Lipinski definition) is 10. The van der Waals surface area contributed by atoms with E-state index in [1.807, 2.05) is 0 Å². The predicted octanol–water partition coefficient (Wildman–Crippen LogP) is -1.22. The van der Waals surface area contributed by atoms with Crippen LogP contribution in [0.3, 0.4) is 0 Å². The third-order valence-electron chi connectivity index (χ3n) is 8.81. The molecule has 19 heteroatoms. The molecule has 3 rings (SSSR count).